The van der Waals surface area contributed by atoms with E-state index in [1.165, 1.54) is 0 Å². The molecule has 1 aromatic rings. The van der Waals surface area contributed by atoms with Gasteiger partial charge >= 0.3 is 5.97 Å². The van der Waals surface area contributed by atoms with E-state index in [4.69, 9.17) is 5.11 Å². The van der Waals surface area contributed by atoms with Crippen molar-refractivity contribution in [3.8, 4) is 0 Å². The number of carbonyl (C=O) groups is 3. The van der Waals surface area contributed by atoms with Crippen molar-refractivity contribution < 1.29 is 24.6 Å². The van der Waals surface area contributed by atoms with Gasteiger partial charge in [0.15, 0.2) is 17.3 Å². The first-order valence-corrected chi connectivity index (χ1v) is 9.40. The molecule has 3 aliphatic rings. The van der Waals surface area contributed by atoms with E-state index < -0.39 is 17.3 Å². The number of nitrogens with zero attached hydrogens (tertiary/aromatic N) is 1. The van der Waals surface area contributed by atoms with Gasteiger partial charge in [-0.2, -0.15) is 0 Å². The van der Waals surface area contributed by atoms with Crippen LogP contribution in [-0.2, 0) is 19.9 Å². The first-order valence-electron chi connectivity index (χ1n) is 9.40. The number of aromatic nitrogens is 1. The number of rotatable bonds is 5. The summed E-state index contributed by atoms with van der Waals surface area (Å²) in [6.07, 6.45) is 7.76. The van der Waals surface area contributed by atoms with E-state index >= 15 is 0 Å². The predicted octanol–water partition coefficient (Wildman–Crippen LogP) is 3.31. The van der Waals surface area contributed by atoms with Crippen molar-refractivity contribution in [1.82, 2.24) is 4.57 Å². The van der Waals surface area contributed by atoms with Gasteiger partial charge in [0.25, 0.3) is 0 Å². The second-order valence-electron chi connectivity index (χ2n) is 7.76. The highest BCUT2D eigenvalue weighted by atomic mass is 16.4. The third-order valence-electron chi connectivity index (χ3n) is 6.01. The number of fused-ring (bicyclic) bond motifs is 2. The Bertz CT molecular complexity index is 821. The second-order valence-corrected chi connectivity index (χ2v) is 7.76. The van der Waals surface area contributed by atoms with Crippen LogP contribution in [0.5, 0.6) is 0 Å². The standard InChI is InChI=1S/C20H23NO5/c22-15(6-7-16(23)24)17-18(25)14-10-13(12-4-5-12)11-21(14)20(19(17)26)8-2-1-3-9-20/h10-12,25H,1-9H2,(H,23,24). The molecule has 0 bridgehead atoms. The average molecular weight is 357 g/mol. The number of allylic oxidation sites excluding steroid dienone is 1. The first-order chi connectivity index (χ1) is 12.4. The lowest BCUT2D eigenvalue weighted by Gasteiger charge is -2.41. The third-order valence-corrected chi connectivity index (χ3v) is 6.01. The highest BCUT2D eigenvalue weighted by molar-refractivity contribution is 6.27. The molecule has 2 N–H and O–H groups in total. The summed E-state index contributed by atoms with van der Waals surface area (Å²) < 4.78 is 1.91. The first kappa shape index (κ1) is 17.1. The molecule has 0 unspecified atom stereocenters. The molecule has 26 heavy (non-hydrogen) atoms. The quantitative estimate of drug-likeness (QED) is 0.788. The van der Waals surface area contributed by atoms with Gasteiger partial charge in [-0.05, 0) is 43.2 Å². The van der Waals surface area contributed by atoms with E-state index in [2.05, 4.69) is 0 Å². The van der Waals surface area contributed by atoms with Gasteiger partial charge in [0.1, 0.15) is 11.1 Å². The van der Waals surface area contributed by atoms with Crippen LogP contribution in [0, 0.1) is 0 Å². The highest BCUT2D eigenvalue weighted by Gasteiger charge is 2.49. The Hall–Kier alpha value is -2.37. The van der Waals surface area contributed by atoms with Crippen LogP contribution in [0.15, 0.2) is 17.8 Å². The molecule has 0 atom stereocenters. The summed E-state index contributed by atoms with van der Waals surface area (Å²) >= 11 is 0. The number of hydrogen-bond acceptors (Lipinski definition) is 4. The zero-order valence-corrected chi connectivity index (χ0v) is 14.7. The van der Waals surface area contributed by atoms with Crippen LogP contribution < -0.4 is 0 Å². The maximum Gasteiger partial charge on any atom is 0.303 e. The van der Waals surface area contributed by atoms with Crippen molar-refractivity contribution in [2.75, 3.05) is 0 Å². The Labute approximate surface area is 151 Å². The fourth-order valence-electron chi connectivity index (χ4n) is 4.45. The molecule has 2 heterocycles. The predicted molar refractivity (Wildman–Crippen MR) is 93.9 cm³/mol. The van der Waals surface area contributed by atoms with Gasteiger partial charge < -0.3 is 14.8 Å². The molecule has 0 radical (unpaired) electrons. The molecule has 2 saturated carbocycles. The minimum atomic E-state index is -1.09. The number of aliphatic carboxylic acids is 1. The monoisotopic (exact) mass is 357 g/mol. The molecule has 6 heteroatoms. The average Bonchev–Trinajstić information content (AvgIpc) is 3.37. The Morgan fingerprint density at radius 2 is 1.85 bits per heavy atom. The number of carboxylic acid groups (broad SMARTS) is 1. The fraction of sp³-hybridized carbons (Fsp3) is 0.550. The van der Waals surface area contributed by atoms with Crippen LogP contribution in [0.1, 0.15) is 75.0 Å². The molecule has 2 aliphatic carbocycles. The zero-order chi connectivity index (χ0) is 18.5. The lowest BCUT2D eigenvalue weighted by Crippen LogP contribution is -2.48. The molecular formula is C20H23NO5. The maximum absolute atomic E-state index is 13.3. The molecular weight excluding hydrogens is 334 g/mol. The Balaban J connectivity index is 1.81. The van der Waals surface area contributed by atoms with Gasteiger partial charge in [-0.1, -0.05) is 19.3 Å². The molecule has 0 amide bonds. The van der Waals surface area contributed by atoms with Crippen molar-refractivity contribution in [3.63, 3.8) is 0 Å². The van der Waals surface area contributed by atoms with Gasteiger partial charge in [-0.15, -0.1) is 0 Å². The normalized spacial score (nSPS) is 21.8. The Kier molecular flexibility index (Phi) is 4.01. The molecule has 6 nitrogen and oxygen atoms in total. The Morgan fingerprint density at radius 3 is 2.46 bits per heavy atom. The summed E-state index contributed by atoms with van der Waals surface area (Å²) in [6, 6.07) is 1.90. The minimum absolute atomic E-state index is 0.193. The molecule has 0 saturated heterocycles. The minimum Gasteiger partial charge on any atom is -0.505 e. The maximum atomic E-state index is 13.3. The van der Waals surface area contributed by atoms with Crippen molar-refractivity contribution in [3.05, 3.63) is 29.1 Å². The summed E-state index contributed by atoms with van der Waals surface area (Å²) in [6.45, 7) is 0. The lowest BCUT2D eigenvalue weighted by atomic mass is 9.73. The van der Waals surface area contributed by atoms with Gasteiger partial charge in [-0.3, -0.25) is 14.4 Å². The molecule has 1 aliphatic heterocycles. The van der Waals surface area contributed by atoms with Crippen LogP contribution in [0.4, 0.5) is 0 Å². The van der Waals surface area contributed by atoms with Crippen LogP contribution in [0.2, 0.25) is 0 Å². The summed E-state index contributed by atoms with van der Waals surface area (Å²) in [4.78, 5) is 36.8. The van der Waals surface area contributed by atoms with Gasteiger partial charge in [0, 0.05) is 12.6 Å². The van der Waals surface area contributed by atoms with E-state index in [9.17, 15) is 19.5 Å². The largest absolute Gasteiger partial charge is 0.505 e. The summed E-state index contributed by atoms with van der Waals surface area (Å²) in [7, 11) is 0. The number of aliphatic hydroxyl groups excluding tert-OH is 1. The van der Waals surface area contributed by atoms with E-state index in [1.807, 2.05) is 16.8 Å². The number of hydrogen-bond donors (Lipinski definition) is 2. The van der Waals surface area contributed by atoms with E-state index in [0.29, 0.717) is 24.5 Å². The SMILES string of the molecule is O=C(O)CCC(=O)C1=C(O)c2cc(C3CC3)cn2C2(CCCCC2)C1=O. The number of carboxylic acids is 1. The van der Waals surface area contributed by atoms with Crippen LogP contribution in [0.3, 0.4) is 0 Å². The third kappa shape index (κ3) is 2.59. The van der Waals surface area contributed by atoms with E-state index in [1.54, 1.807) is 0 Å². The van der Waals surface area contributed by atoms with Gasteiger partial charge in [0.2, 0.25) is 0 Å². The highest BCUT2D eigenvalue weighted by Crippen LogP contribution is 2.48. The van der Waals surface area contributed by atoms with Crippen LogP contribution >= 0.6 is 0 Å². The van der Waals surface area contributed by atoms with E-state index in [-0.39, 0.29) is 30.0 Å². The molecule has 138 valence electrons. The fourth-order valence-corrected chi connectivity index (χ4v) is 4.45. The number of aliphatic hydroxyl groups is 1. The number of Topliss-reactive ketones (excluding diaryl/α,β-unsaturated/α-hetero) is 2. The van der Waals surface area contributed by atoms with Crippen LogP contribution in [-0.4, -0.2) is 32.3 Å². The van der Waals surface area contributed by atoms with Crippen molar-refractivity contribution >= 4 is 23.3 Å². The summed E-state index contributed by atoms with van der Waals surface area (Å²) in [5, 5.41) is 19.6. The second kappa shape index (κ2) is 6.11. The van der Waals surface area contributed by atoms with Crippen molar-refractivity contribution in [2.45, 2.75) is 69.2 Å². The van der Waals surface area contributed by atoms with Gasteiger partial charge in [-0.25, -0.2) is 0 Å². The summed E-state index contributed by atoms with van der Waals surface area (Å²) in [5.74, 6) is -1.81. The molecule has 4 rings (SSSR count). The van der Waals surface area contributed by atoms with E-state index in [0.717, 1.165) is 37.7 Å². The molecule has 2 fully saturated rings. The molecule has 1 aromatic heterocycles. The summed E-state index contributed by atoms with van der Waals surface area (Å²) in [5.41, 5.74) is 0.651. The van der Waals surface area contributed by atoms with Crippen molar-refractivity contribution in [2.24, 2.45) is 0 Å². The van der Waals surface area contributed by atoms with Crippen molar-refractivity contribution in [1.29, 1.82) is 0 Å². The smallest absolute Gasteiger partial charge is 0.303 e. The zero-order valence-electron chi connectivity index (χ0n) is 14.7. The Morgan fingerprint density at radius 1 is 1.15 bits per heavy atom. The molecule has 1 spiro atoms. The number of carbonyl (C=O) groups excluding carboxylic acids is 2. The number of ketones is 2. The van der Waals surface area contributed by atoms with Gasteiger partial charge in [0.05, 0.1) is 12.1 Å². The lowest BCUT2D eigenvalue weighted by molar-refractivity contribution is -0.138. The molecule has 0 aromatic carbocycles. The topological polar surface area (TPSA) is 96.6 Å². The van der Waals surface area contributed by atoms with Crippen LogP contribution in [0.25, 0.3) is 5.76 Å².